The fourth-order valence-corrected chi connectivity index (χ4v) is 1.89. The molecule has 96 valence electrons. The van der Waals surface area contributed by atoms with Crippen LogP contribution in [0.5, 0.6) is 0 Å². The number of nitrogens with two attached hydrogens (primary N) is 1. The lowest BCUT2D eigenvalue weighted by Crippen LogP contribution is -2.24. The molecule has 1 rings (SSSR count). The molecule has 2 N–H and O–H groups in total. The van der Waals surface area contributed by atoms with Crippen molar-refractivity contribution in [2.75, 3.05) is 24.5 Å². The van der Waals surface area contributed by atoms with Crippen LogP contribution in [0.15, 0.2) is 24.3 Å². The average molecular weight is 238 g/mol. The summed E-state index contributed by atoms with van der Waals surface area (Å²) in [6, 6.07) is 6.79. The predicted octanol–water partition coefficient (Wildman–Crippen LogP) is 3.03. The minimum absolute atomic E-state index is 0.170. The first-order valence-electron chi connectivity index (χ1n) is 6.38. The van der Waals surface area contributed by atoms with E-state index in [4.69, 9.17) is 5.73 Å². The molecule has 0 aliphatic rings. The summed E-state index contributed by atoms with van der Waals surface area (Å²) < 4.78 is 13.1. The largest absolute Gasteiger partial charge is 0.372 e. The Labute approximate surface area is 104 Å². The van der Waals surface area contributed by atoms with E-state index in [-0.39, 0.29) is 5.82 Å². The van der Waals surface area contributed by atoms with Gasteiger partial charge >= 0.3 is 0 Å². The Morgan fingerprint density at radius 1 is 1.41 bits per heavy atom. The van der Waals surface area contributed by atoms with E-state index < -0.39 is 0 Å². The van der Waals surface area contributed by atoms with E-state index in [9.17, 15) is 4.39 Å². The lowest BCUT2D eigenvalue weighted by atomic mass is 10.1. The third-order valence-electron chi connectivity index (χ3n) is 3.08. The predicted molar refractivity (Wildman–Crippen MR) is 71.7 cm³/mol. The molecule has 1 atom stereocenters. The maximum absolute atomic E-state index is 13.1. The van der Waals surface area contributed by atoms with Crippen molar-refractivity contribution in [3.05, 3.63) is 30.1 Å². The summed E-state index contributed by atoms with van der Waals surface area (Å²) in [4.78, 5) is 2.20. The van der Waals surface area contributed by atoms with Crippen molar-refractivity contribution in [2.45, 2.75) is 26.7 Å². The zero-order valence-corrected chi connectivity index (χ0v) is 10.8. The maximum Gasteiger partial charge on any atom is 0.125 e. The van der Waals surface area contributed by atoms with E-state index in [2.05, 4.69) is 18.7 Å². The monoisotopic (exact) mass is 238 g/mol. The number of anilines is 1. The van der Waals surface area contributed by atoms with Gasteiger partial charge in [-0.25, -0.2) is 4.39 Å². The Balaban J connectivity index is 2.48. The van der Waals surface area contributed by atoms with Gasteiger partial charge in [0.05, 0.1) is 0 Å². The fourth-order valence-electron chi connectivity index (χ4n) is 1.89. The number of rotatable bonds is 7. The van der Waals surface area contributed by atoms with Gasteiger partial charge in [0, 0.05) is 18.8 Å². The molecule has 0 aliphatic heterocycles. The molecular weight excluding hydrogens is 215 g/mol. The Morgan fingerprint density at radius 2 is 2.18 bits per heavy atom. The first-order valence-corrected chi connectivity index (χ1v) is 6.38. The number of hydrogen-bond acceptors (Lipinski definition) is 2. The van der Waals surface area contributed by atoms with Gasteiger partial charge in [-0.15, -0.1) is 0 Å². The molecule has 0 heterocycles. The van der Waals surface area contributed by atoms with Crippen molar-refractivity contribution in [3.8, 4) is 0 Å². The van der Waals surface area contributed by atoms with Crippen molar-refractivity contribution >= 4 is 5.69 Å². The lowest BCUT2D eigenvalue weighted by molar-refractivity contribution is 0.518. The lowest BCUT2D eigenvalue weighted by Gasteiger charge is -2.23. The summed E-state index contributed by atoms with van der Waals surface area (Å²) >= 11 is 0. The van der Waals surface area contributed by atoms with E-state index in [0.717, 1.165) is 38.2 Å². The van der Waals surface area contributed by atoms with Crippen LogP contribution < -0.4 is 10.6 Å². The van der Waals surface area contributed by atoms with Crippen LogP contribution in [0.1, 0.15) is 26.7 Å². The summed E-state index contributed by atoms with van der Waals surface area (Å²) in [7, 11) is 0. The van der Waals surface area contributed by atoms with E-state index in [1.54, 1.807) is 12.1 Å². The Kier molecular flexibility index (Phi) is 5.98. The molecule has 0 fully saturated rings. The molecule has 1 aromatic carbocycles. The highest BCUT2D eigenvalue weighted by molar-refractivity contribution is 5.46. The van der Waals surface area contributed by atoms with Gasteiger partial charge in [0.2, 0.25) is 0 Å². The van der Waals surface area contributed by atoms with Crippen LogP contribution in [0.2, 0.25) is 0 Å². The average Bonchev–Trinajstić information content (AvgIpc) is 2.34. The molecule has 0 aromatic heterocycles. The molecular formula is C14H23FN2. The molecule has 0 amide bonds. The zero-order chi connectivity index (χ0) is 12.7. The van der Waals surface area contributed by atoms with Crippen LogP contribution in [-0.4, -0.2) is 19.6 Å². The van der Waals surface area contributed by atoms with Crippen molar-refractivity contribution in [1.82, 2.24) is 0 Å². The van der Waals surface area contributed by atoms with Gasteiger partial charge in [-0.3, -0.25) is 0 Å². The molecule has 2 nitrogen and oxygen atoms in total. The summed E-state index contributed by atoms with van der Waals surface area (Å²) in [5, 5.41) is 0. The number of nitrogens with zero attached hydrogens (tertiary/aromatic N) is 1. The van der Waals surface area contributed by atoms with Crippen LogP contribution in [0.25, 0.3) is 0 Å². The Hall–Kier alpha value is -1.09. The third kappa shape index (κ3) is 4.73. The van der Waals surface area contributed by atoms with Crippen LogP contribution in [0, 0.1) is 11.7 Å². The van der Waals surface area contributed by atoms with Gasteiger partial charge in [-0.2, -0.15) is 0 Å². The second-order valence-electron chi connectivity index (χ2n) is 4.54. The van der Waals surface area contributed by atoms with Gasteiger partial charge in [0.1, 0.15) is 5.82 Å². The van der Waals surface area contributed by atoms with Gasteiger partial charge in [0.25, 0.3) is 0 Å². The van der Waals surface area contributed by atoms with Crippen molar-refractivity contribution in [2.24, 2.45) is 11.7 Å². The Bertz CT molecular complexity index is 328. The molecule has 1 unspecified atom stereocenters. The van der Waals surface area contributed by atoms with Crippen LogP contribution in [-0.2, 0) is 0 Å². The highest BCUT2D eigenvalue weighted by Gasteiger charge is 2.06. The van der Waals surface area contributed by atoms with E-state index in [0.29, 0.717) is 5.92 Å². The van der Waals surface area contributed by atoms with Crippen LogP contribution in [0.4, 0.5) is 10.1 Å². The fraction of sp³-hybridized carbons (Fsp3) is 0.571. The van der Waals surface area contributed by atoms with Gasteiger partial charge < -0.3 is 10.6 Å². The summed E-state index contributed by atoms with van der Waals surface area (Å²) in [6.07, 6.45) is 2.23. The third-order valence-corrected chi connectivity index (χ3v) is 3.08. The first-order chi connectivity index (χ1) is 8.17. The maximum atomic E-state index is 13.1. The zero-order valence-electron chi connectivity index (χ0n) is 10.8. The molecule has 0 radical (unpaired) electrons. The summed E-state index contributed by atoms with van der Waals surface area (Å²) in [5.74, 6) is 0.400. The molecule has 17 heavy (non-hydrogen) atoms. The molecule has 1 aromatic rings. The normalized spacial score (nSPS) is 12.5. The molecule has 0 saturated carbocycles. The van der Waals surface area contributed by atoms with Crippen molar-refractivity contribution in [3.63, 3.8) is 0 Å². The minimum Gasteiger partial charge on any atom is -0.372 e. The van der Waals surface area contributed by atoms with Crippen molar-refractivity contribution in [1.29, 1.82) is 0 Å². The van der Waals surface area contributed by atoms with Crippen LogP contribution >= 0.6 is 0 Å². The van der Waals surface area contributed by atoms with Gasteiger partial charge in [0.15, 0.2) is 0 Å². The quantitative estimate of drug-likeness (QED) is 0.791. The van der Waals surface area contributed by atoms with E-state index in [1.807, 2.05) is 6.07 Å². The summed E-state index contributed by atoms with van der Waals surface area (Å²) in [6.45, 7) is 6.87. The SMILES string of the molecule is CCN(CCCC(C)CN)c1cccc(F)c1. The molecule has 0 bridgehead atoms. The molecule has 0 aliphatic carbocycles. The van der Waals surface area contributed by atoms with Gasteiger partial charge in [-0.05, 0) is 50.4 Å². The number of benzene rings is 1. The first kappa shape index (κ1) is 14.0. The number of halogens is 1. The second kappa shape index (κ2) is 7.28. The molecule has 0 saturated heterocycles. The smallest absolute Gasteiger partial charge is 0.125 e. The molecule has 3 heteroatoms. The highest BCUT2D eigenvalue weighted by Crippen LogP contribution is 2.16. The Morgan fingerprint density at radius 3 is 2.76 bits per heavy atom. The highest BCUT2D eigenvalue weighted by atomic mass is 19.1. The summed E-state index contributed by atoms with van der Waals surface area (Å²) in [5.41, 5.74) is 6.55. The van der Waals surface area contributed by atoms with Gasteiger partial charge in [-0.1, -0.05) is 13.0 Å². The topological polar surface area (TPSA) is 29.3 Å². The standard InChI is InChI=1S/C14H23FN2/c1-3-17(9-5-6-12(2)11-16)14-8-4-7-13(15)10-14/h4,7-8,10,12H,3,5-6,9,11,16H2,1-2H3. The van der Waals surface area contributed by atoms with Crippen molar-refractivity contribution < 1.29 is 4.39 Å². The number of hydrogen-bond donors (Lipinski definition) is 1. The minimum atomic E-state index is -0.170. The van der Waals surface area contributed by atoms with Crippen LogP contribution in [0.3, 0.4) is 0 Å². The van der Waals surface area contributed by atoms with E-state index in [1.165, 1.54) is 6.07 Å². The molecule has 0 spiro atoms. The second-order valence-corrected chi connectivity index (χ2v) is 4.54. The van der Waals surface area contributed by atoms with E-state index >= 15 is 0 Å².